The number of aromatic nitrogens is 5. The summed E-state index contributed by atoms with van der Waals surface area (Å²) in [5.74, 6) is -9.44. The molecule has 29 heavy (non-hydrogen) atoms. The van der Waals surface area contributed by atoms with Crippen molar-refractivity contribution in [3.8, 4) is 17.1 Å². The van der Waals surface area contributed by atoms with E-state index in [1.54, 1.807) is 0 Å². The molecule has 0 bridgehead atoms. The Morgan fingerprint density at radius 3 is 2.45 bits per heavy atom. The van der Waals surface area contributed by atoms with Crippen molar-refractivity contribution in [1.29, 1.82) is 0 Å². The lowest BCUT2D eigenvalue weighted by Gasteiger charge is -2.42. The molecule has 1 fully saturated rings. The first kappa shape index (κ1) is 19.4. The van der Waals surface area contributed by atoms with Gasteiger partial charge >= 0.3 is 18.0 Å². The van der Waals surface area contributed by atoms with Crippen LogP contribution in [-0.4, -0.2) is 49.6 Å². The van der Waals surface area contributed by atoms with Gasteiger partial charge in [-0.25, -0.2) is 4.98 Å². The van der Waals surface area contributed by atoms with E-state index in [1.165, 1.54) is 30.7 Å². The molecule has 3 aromatic rings. The number of ether oxygens (including phenoxy) is 2. The molecule has 3 heterocycles. The van der Waals surface area contributed by atoms with Crippen LogP contribution in [0.5, 0.6) is 5.88 Å². The van der Waals surface area contributed by atoms with Gasteiger partial charge in [-0.3, -0.25) is 9.38 Å². The highest BCUT2D eigenvalue weighted by molar-refractivity contribution is 5.59. The van der Waals surface area contributed by atoms with Crippen LogP contribution in [0.1, 0.15) is 12.2 Å². The molecule has 0 radical (unpaired) electrons. The number of nitrogens with zero attached hydrogens (tertiary/aromatic N) is 5. The molecular formula is C16H11F6N5O2. The van der Waals surface area contributed by atoms with E-state index in [2.05, 4.69) is 24.9 Å². The number of alkyl halides is 6. The molecular weight excluding hydrogens is 408 g/mol. The lowest BCUT2D eigenvalue weighted by Crippen LogP contribution is -2.64. The lowest BCUT2D eigenvalue weighted by molar-refractivity contribution is -0.324. The van der Waals surface area contributed by atoms with Crippen molar-refractivity contribution < 1.29 is 35.8 Å². The number of hydrogen-bond donors (Lipinski definition) is 0. The molecule has 1 unspecified atom stereocenters. The summed E-state index contributed by atoms with van der Waals surface area (Å²) in [6, 6.07) is 2.55. The molecule has 1 saturated carbocycles. The maximum Gasteiger partial charge on any atom is 0.417 e. The number of rotatable bonds is 5. The summed E-state index contributed by atoms with van der Waals surface area (Å²) < 4.78 is 89.8. The number of fused-ring (bicyclic) bond motifs is 1. The van der Waals surface area contributed by atoms with E-state index in [4.69, 9.17) is 4.74 Å². The molecule has 0 amide bonds. The Hall–Kier alpha value is -2.96. The lowest BCUT2D eigenvalue weighted by atomic mass is 9.85. The van der Waals surface area contributed by atoms with Crippen LogP contribution in [0.4, 0.5) is 26.3 Å². The molecule has 0 saturated heterocycles. The van der Waals surface area contributed by atoms with E-state index in [0.29, 0.717) is 5.56 Å². The van der Waals surface area contributed by atoms with Crippen LogP contribution in [0.15, 0.2) is 30.7 Å². The fraction of sp³-hybridized carbons (Fsp3) is 0.375. The van der Waals surface area contributed by atoms with Crippen molar-refractivity contribution in [2.45, 2.75) is 30.5 Å². The molecule has 4 rings (SSSR count). The van der Waals surface area contributed by atoms with Crippen LogP contribution in [-0.2, 0) is 10.8 Å². The Morgan fingerprint density at radius 2 is 1.86 bits per heavy atom. The quantitative estimate of drug-likeness (QED) is 0.591. The minimum Gasteiger partial charge on any atom is -0.467 e. The SMILES string of the molecule is COC(F)(F)c1nnc2cnc(-c3ccc(OC4CC(F)(F)C4(F)F)nc3)cn12. The number of pyridine rings is 1. The molecule has 13 heteroatoms. The predicted molar refractivity (Wildman–Crippen MR) is 83.8 cm³/mol. The predicted octanol–water partition coefficient (Wildman–Crippen LogP) is 3.30. The fourth-order valence-electron chi connectivity index (χ4n) is 2.70. The van der Waals surface area contributed by atoms with Gasteiger partial charge in [0.15, 0.2) is 11.8 Å². The summed E-state index contributed by atoms with van der Waals surface area (Å²) in [7, 11) is 0.813. The Balaban J connectivity index is 1.58. The Kier molecular flexibility index (Phi) is 4.19. The molecule has 1 aliphatic rings. The summed E-state index contributed by atoms with van der Waals surface area (Å²) in [6.07, 6.45) is -3.21. The highest BCUT2D eigenvalue weighted by atomic mass is 19.3. The standard InChI is InChI=1S/C16H11F6N5O2/c1-28-16(21,22)13-26-25-11-6-23-9(7-27(11)13)8-2-3-12(24-5-8)29-10-4-14(17,18)15(10,19)20/h2-3,5-7,10H,4H2,1H3. The van der Waals surface area contributed by atoms with Gasteiger partial charge in [0.05, 0.1) is 18.3 Å². The highest BCUT2D eigenvalue weighted by Gasteiger charge is 2.73. The van der Waals surface area contributed by atoms with Crippen molar-refractivity contribution in [2.24, 2.45) is 0 Å². The van der Waals surface area contributed by atoms with Crippen LogP contribution in [0.3, 0.4) is 0 Å². The minimum atomic E-state index is -4.28. The van der Waals surface area contributed by atoms with E-state index >= 15 is 0 Å². The second kappa shape index (κ2) is 6.27. The molecule has 1 atom stereocenters. The van der Waals surface area contributed by atoms with Gasteiger partial charge < -0.3 is 9.47 Å². The van der Waals surface area contributed by atoms with E-state index in [-0.39, 0.29) is 17.2 Å². The molecule has 0 aromatic carbocycles. The first-order valence-corrected chi connectivity index (χ1v) is 8.08. The van der Waals surface area contributed by atoms with E-state index < -0.39 is 36.3 Å². The maximum absolute atomic E-state index is 13.8. The van der Waals surface area contributed by atoms with Crippen LogP contribution < -0.4 is 4.74 Å². The molecule has 1 aliphatic carbocycles. The van der Waals surface area contributed by atoms with Gasteiger partial charge in [0.25, 0.3) is 0 Å². The van der Waals surface area contributed by atoms with E-state index in [1.807, 2.05) is 0 Å². The Labute approximate surface area is 158 Å². The van der Waals surface area contributed by atoms with Crippen molar-refractivity contribution in [3.05, 3.63) is 36.5 Å². The van der Waals surface area contributed by atoms with Crippen LogP contribution in [0.25, 0.3) is 16.9 Å². The number of halogens is 6. The van der Waals surface area contributed by atoms with Gasteiger partial charge in [-0.2, -0.15) is 26.3 Å². The Bertz CT molecular complexity index is 1060. The smallest absolute Gasteiger partial charge is 0.417 e. The topological polar surface area (TPSA) is 74.4 Å². The normalized spacial score (nSPS) is 20.4. The highest BCUT2D eigenvalue weighted by Crippen LogP contribution is 2.52. The van der Waals surface area contributed by atoms with Crippen molar-refractivity contribution in [1.82, 2.24) is 24.6 Å². The first-order chi connectivity index (χ1) is 13.5. The average molecular weight is 419 g/mol. The monoisotopic (exact) mass is 419 g/mol. The molecule has 0 spiro atoms. The molecule has 0 N–H and O–H groups in total. The number of hydrogen-bond acceptors (Lipinski definition) is 6. The van der Waals surface area contributed by atoms with Crippen molar-refractivity contribution >= 4 is 5.65 Å². The average Bonchev–Trinajstić information content (AvgIpc) is 3.12. The summed E-state index contributed by atoms with van der Waals surface area (Å²) in [6.45, 7) is 0. The summed E-state index contributed by atoms with van der Waals surface area (Å²) in [5.41, 5.74) is 0.553. The summed E-state index contributed by atoms with van der Waals surface area (Å²) in [4.78, 5) is 7.84. The van der Waals surface area contributed by atoms with Gasteiger partial charge in [-0.15, -0.1) is 10.2 Å². The summed E-state index contributed by atoms with van der Waals surface area (Å²) in [5, 5.41) is 6.97. The van der Waals surface area contributed by atoms with Crippen molar-refractivity contribution in [3.63, 3.8) is 0 Å². The zero-order valence-corrected chi connectivity index (χ0v) is 14.5. The summed E-state index contributed by atoms with van der Waals surface area (Å²) >= 11 is 0. The first-order valence-electron chi connectivity index (χ1n) is 8.08. The minimum absolute atomic E-state index is 0.0431. The Morgan fingerprint density at radius 1 is 1.10 bits per heavy atom. The van der Waals surface area contributed by atoms with Gasteiger partial charge in [0, 0.05) is 31.1 Å². The third kappa shape index (κ3) is 3.05. The van der Waals surface area contributed by atoms with Crippen LogP contribution in [0, 0.1) is 0 Å². The zero-order chi connectivity index (χ0) is 21.0. The van der Waals surface area contributed by atoms with Gasteiger partial charge in [-0.05, 0) is 6.07 Å². The van der Waals surface area contributed by atoms with Gasteiger partial charge in [0.1, 0.15) is 0 Å². The largest absolute Gasteiger partial charge is 0.467 e. The van der Waals surface area contributed by atoms with E-state index in [9.17, 15) is 26.3 Å². The van der Waals surface area contributed by atoms with Crippen LogP contribution in [0.2, 0.25) is 0 Å². The van der Waals surface area contributed by atoms with Crippen molar-refractivity contribution in [2.75, 3.05) is 7.11 Å². The zero-order valence-electron chi connectivity index (χ0n) is 14.5. The second-order valence-corrected chi connectivity index (χ2v) is 6.27. The molecule has 7 nitrogen and oxygen atoms in total. The van der Waals surface area contributed by atoms with Gasteiger partial charge in [-0.1, -0.05) is 0 Å². The van der Waals surface area contributed by atoms with E-state index in [0.717, 1.165) is 11.5 Å². The second-order valence-electron chi connectivity index (χ2n) is 6.27. The molecule has 0 aliphatic heterocycles. The van der Waals surface area contributed by atoms with Gasteiger partial charge in [0.2, 0.25) is 11.7 Å². The molecule has 3 aromatic heterocycles. The molecule has 154 valence electrons. The third-order valence-corrected chi connectivity index (χ3v) is 4.44. The van der Waals surface area contributed by atoms with Crippen LogP contribution >= 0.6 is 0 Å². The fourth-order valence-corrected chi connectivity index (χ4v) is 2.70. The maximum atomic E-state index is 13.8. The number of methoxy groups -OCH3 is 1. The third-order valence-electron chi connectivity index (χ3n) is 4.44.